The van der Waals surface area contributed by atoms with E-state index in [0.717, 1.165) is 11.1 Å². The van der Waals surface area contributed by atoms with Gasteiger partial charge in [-0.1, -0.05) is 42.5 Å². The molecule has 4 rings (SSSR count). The molecule has 6 nitrogen and oxygen atoms in total. The number of fused-ring (bicyclic) bond motifs is 1. The average molecular weight is 419 g/mol. The maximum Gasteiger partial charge on any atom is 0.287 e. The van der Waals surface area contributed by atoms with E-state index in [9.17, 15) is 18.0 Å². The van der Waals surface area contributed by atoms with Crippen LogP contribution in [0, 0.1) is 13.8 Å². The number of aryl methyl sites for hydroxylation is 2. The summed E-state index contributed by atoms with van der Waals surface area (Å²) in [7, 11) is -4.07. The fourth-order valence-corrected chi connectivity index (χ4v) is 4.63. The first-order valence-electron chi connectivity index (χ1n) is 9.28. The summed E-state index contributed by atoms with van der Waals surface area (Å²) in [5.74, 6) is -0.975. The number of aromatic nitrogens is 1. The standard InChI is InChI=1S/C23H18N2O4S/c1-15-12-16(2)14-25(13-15)21-20(24-30(28,29)17-8-4-3-5-9-17)22(26)18-10-6-7-11-19(18)23(21)27/h3-14H,1-2H3/p+1. The molecule has 0 spiro atoms. The lowest BCUT2D eigenvalue weighted by Crippen LogP contribution is -2.45. The predicted molar refractivity (Wildman–Crippen MR) is 111 cm³/mol. The minimum Gasteiger partial charge on any atom is -0.287 e. The number of carbonyl (C=O) groups excluding carboxylic acids is 2. The molecule has 1 heterocycles. The second-order valence-corrected chi connectivity index (χ2v) is 8.83. The van der Waals surface area contributed by atoms with Crippen molar-refractivity contribution in [3.05, 3.63) is 101 Å². The van der Waals surface area contributed by atoms with E-state index in [2.05, 4.69) is 4.72 Å². The van der Waals surface area contributed by atoms with E-state index in [1.165, 1.54) is 22.8 Å². The molecule has 0 amide bonds. The first kappa shape index (κ1) is 19.7. The summed E-state index contributed by atoms with van der Waals surface area (Å²) in [6, 6.07) is 16.1. The predicted octanol–water partition coefficient (Wildman–Crippen LogP) is 2.82. The lowest BCUT2D eigenvalue weighted by Gasteiger charge is -2.18. The molecular weight excluding hydrogens is 400 g/mol. The van der Waals surface area contributed by atoms with Crippen molar-refractivity contribution in [3.63, 3.8) is 0 Å². The maximum absolute atomic E-state index is 13.4. The van der Waals surface area contributed by atoms with Crippen LogP contribution in [0.1, 0.15) is 31.8 Å². The number of carbonyl (C=O) groups is 2. The van der Waals surface area contributed by atoms with Crippen LogP contribution >= 0.6 is 0 Å². The minimum atomic E-state index is -4.07. The summed E-state index contributed by atoms with van der Waals surface area (Å²) in [6.07, 6.45) is 3.39. The van der Waals surface area contributed by atoms with Gasteiger partial charge in [-0.2, -0.15) is 4.57 Å². The van der Waals surface area contributed by atoms with Crippen LogP contribution in [0.5, 0.6) is 0 Å². The molecule has 0 radical (unpaired) electrons. The van der Waals surface area contributed by atoms with Crippen molar-refractivity contribution < 1.29 is 22.6 Å². The summed E-state index contributed by atoms with van der Waals surface area (Å²) in [6.45, 7) is 3.72. The summed E-state index contributed by atoms with van der Waals surface area (Å²) in [4.78, 5) is 26.6. The van der Waals surface area contributed by atoms with Gasteiger partial charge in [0.15, 0.2) is 18.1 Å². The molecule has 1 aliphatic rings. The number of hydrogen-bond acceptors (Lipinski definition) is 4. The molecule has 2 aromatic carbocycles. The number of benzene rings is 2. The van der Waals surface area contributed by atoms with Gasteiger partial charge in [-0.05, 0) is 32.0 Å². The van der Waals surface area contributed by atoms with Gasteiger partial charge in [-0.25, -0.2) is 8.42 Å². The average Bonchev–Trinajstić information content (AvgIpc) is 2.72. The molecule has 7 heteroatoms. The van der Waals surface area contributed by atoms with E-state index in [0.29, 0.717) is 0 Å². The highest BCUT2D eigenvalue weighted by molar-refractivity contribution is 7.89. The molecule has 1 aromatic heterocycles. The lowest BCUT2D eigenvalue weighted by atomic mass is 9.90. The molecule has 0 aliphatic heterocycles. The summed E-state index contributed by atoms with van der Waals surface area (Å²) < 4.78 is 29.8. The second-order valence-electron chi connectivity index (χ2n) is 7.14. The summed E-state index contributed by atoms with van der Waals surface area (Å²) >= 11 is 0. The molecule has 0 bridgehead atoms. The molecular formula is C23H19N2O4S+. The van der Waals surface area contributed by atoms with Gasteiger partial charge < -0.3 is 0 Å². The van der Waals surface area contributed by atoms with Crippen molar-refractivity contribution in [2.75, 3.05) is 0 Å². The molecule has 0 atom stereocenters. The van der Waals surface area contributed by atoms with Crippen molar-refractivity contribution in [2.45, 2.75) is 18.7 Å². The Hall–Kier alpha value is -3.58. The summed E-state index contributed by atoms with van der Waals surface area (Å²) in [5.41, 5.74) is 1.86. The first-order chi connectivity index (χ1) is 14.3. The van der Waals surface area contributed by atoms with Gasteiger partial charge in [-0.3, -0.25) is 14.3 Å². The second kappa shape index (κ2) is 7.35. The van der Waals surface area contributed by atoms with E-state index in [4.69, 9.17) is 0 Å². The van der Waals surface area contributed by atoms with Crippen LogP contribution in [0.25, 0.3) is 5.70 Å². The zero-order valence-electron chi connectivity index (χ0n) is 16.4. The van der Waals surface area contributed by atoms with Crippen LogP contribution in [0.4, 0.5) is 0 Å². The zero-order chi connectivity index (χ0) is 21.5. The van der Waals surface area contributed by atoms with Crippen LogP contribution < -0.4 is 9.29 Å². The molecule has 0 unspecified atom stereocenters. The highest BCUT2D eigenvalue weighted by Gasteiger charge is 2.40. The monoisotopic (exact) mass is 419 g/mol. The smallest absolute Gasteiger partial charge is 0.287 e. The van der Waals surface area contributed by atoms with Crippen LogP contribution in [-0.2, 0) is 10.0 Å². The highest BCUT2D eigenvalue weighted by atomic mass is 32.2. The van der Waals surface area contributed by atoms with Gasteiger partial charge in [0.05, 0.1) is 4.90 Å². The third-order valence-electron chi connectivity index (χ3n) is 4.78. The lowest BCUT2D eigenvalue weighted by molar-refractivity contribution is -0.578. The molecule has 1 aliphatic carbocycles. The molecule has 0 fully saturated rings. The zero-order valence-corrected chi connectivity index (χ0v) is 17.2. The van der Waals surface area contributed by atoms with Gasteiger partial charge in [0, 0.05) is 22.3 Å². The Morgan fingerprint density at radius 1 is 0.767 bits per heavy atom. The Labute approximate surface area is 174 Å². The Morgan fingerprint density at radius 3 is 1.90 bits per heavy atom. The van der Waals surface area contributed by atoms with Crippen molar-refractivity contribution in [1.82, 2.24) is 4.72 Å². The molecule has 1 N–H and O–H groups in total. The van der Waals surface area contributed by atoms with E-state index >= 15 is 0 Å². The number of nitrogens with one attached hydrogen (secondary N) is 1. The van der Waals surface area contributed by atoms with Crippen molar-refractivity contribution in [2.24, 2.45) is 0 Å². The number of rotatable bonds is 4. The third-order valence-corrected chi connectivity index (χ3v) is 6.15. The van der Waals surface area contributed by atoms with E-state index < -0.39 is 21.6 Å². The summed E-state index contributed by atoms with van der Waals surface area (Å²) in [5, 5.41) is 0. The van der Waals surface area contributed by atoms with Gasteiger partial charge in [0.2, 0.25) is 5.78 Å². The molecule has 0 saturated carbocycles. The highest BCUT2D eigenvalue weighted by Crippen LogP contribution is 2.26. The Kier molecular flexibility index (Phi) is 4.83. The number of allylic oxidation sites excluding steroid dienone is 2. The Morgan fingerprint density at radius 2 is 1.30 bits per heavy atom. The van der Waals surface area contributed by atoms with Gasteiger partial charge in [0.25, 0.3) is 21.5 Å². The van der Waals surface area contributed by atoms with Gasteiger partial charge in [0.1, 0.15) is 0 Å². The Balaban J connectivity index is 1.96. The topological polar surface area (TPSA) is 84.2 Å². The van der Waals surface area contributed by atoms with Gasteiger partial charge in [-0.15, -0.1) is 0 Å². The third kappa shape index (κ3) is 3.44. The number of Topliss-reactive ketones (excluding diaryl/α,β-unsaturated/α-hetero) is 2. The van der Waals surface area contributed by atoms with E-state index in [1.54, 1.807) is 48.8 Å². The van der Waals surface area contributed by atoms with Gasteiger partial charge >= 0.3 is 0 Å². The number of pyridine rings is 1. The molecule has 0 saturated heterocycles. The Bertz CT molecular complexity index is 1310. The number of sulfonamides is 1. The quantitative estimate of drug-likeness (QED) is 0.659. The fourth-order valence-electron chi connectivity index (χ4n) is 3.54. The van der Waals surface area contributed by atoms with E-state index in [1.807, 2.05) is 19.9 Å². The SMILES string of the molecule is Cc1cc(C)c[n+](C2=C(NS(=O)(=O)c3ccccc3)C(=O)c3ccccc3C2=O)c1. The van der Waals surface area contributed by atoms with Crippen LogP contribution in [0.15, 0.2) is 83.6 Å². The number of ketones is 2. The number of hydrogen-bond donors (Lipinski definition) is 1. The van der Waals surface area contributed by atoms with E-state index in [-0.39, 0.29) is 27.4 Å². The molecule has 30 heavy (non-hydrogen) atoms. The maximum atomic E-state index is 13.4. The molecule has 3 aromatic rings. The van der Waals surface area contributed by atoms with Crippen LogP contribution in [0.3, 0.4) is 0 Å². The van der Waals surface area contributed by atoms with Crippen molar-refractivity contribution in [1.29, 1.82) is 0 Å². The molecule has 150 valence electrons. The first-order valence-corrected chi connectivity index (χ1v) is 10.8. The van der Waals surface area contributed by atoms with Crippen molar-refractivity contribution >= 4 is 27.3 Å². The normalized spacial score (nSPS) is 13.9. The fraction of sp³-hybridized carbons (Fsp3) is 0.0870. The van der Waals surface area contributed by atoms with Crippen LogP contribution in [0.2, 0.25) is 0 Å². The number of nitrogens with zero attached hydrogens (tertiary/aromatic N) is 1. The largest absolute Gasteiger partial charge is 0.287 e. The van der Waals surface area contributed by atoms with Crippen molar-refractivity contribution in [3.8, 4) is 0 Å². The van der Waals surface area contributed by atoms with Crippen LogP contribution in [-0.4, -0.2) is 20.0 Å². The minimum absolute atomic E-state index is 0.00128.